The molecule has 0 saturated carbocycles. The van der Waals surface area contributed by atoms with Gasteiger partial charge >= 0.3 is 0 Å². The molecule has 1 aromatic heterocycles. The highest BCUT2D eigenvalue weighted by Crippen LogP contribution is 2.26. The van der Waals surface area contributed by atoms with Crippen LogP contribution in [0.4, 0.5) is 11.4 Å². The number of carbonyl (C=O) groups excluding carboxylic acids is 1. The van der Waals surface area contributed by atoms with Crippen molar-refractivity contribution in [1.82, 2.24) is 4.98 Å². The Morgan fingerprint density at radius 1 is 1.42 bits per heavy atom. The van der Waals surface area contributed by atoms with Crippen molar-refractivity contribution < 1.29 is 9.72 Å². The third-order valence-electron chi connectivity index (χ3n) is 3.14. The molecule has 0 unspecified atom stereocenters. The number of hydrogen-bond donors (Lipinski definition) is 1. The number of nitro benzene ring substituents is 1. The van der Waals surface area contributed by atoms with E-state index in [1.165, 1.54) is 18.2 Å². The van der Waals surface area contributed by atoms with Crippen LogP contribution in [0.3, 0.4) is 0 Å². The largest absolute Gasteiger partial charge is 0.320 e. The average Bonchev–Trinajstić information content (AvgIpc) is 2.52. The number of nitrogens with one attached hydrogen (secondary N) is 1. The topological polar surface area (TPSA) is 109 Å². The maximum Gasteiger partial charge on any atom is 0.292 e. The van der Waals surface area contributed by atoms with Gasteiger partial charge in [-0.1, -0.05) is 23.9 Å². The van der Waals surface area contributed by atoms with Crippen LogP contribution in [0.25, 0.3) is 0 Å². The van der Waals surface area contributed by atoms with Gasteiger partial charge in [-0.15, -0.1) is 0 Å². The van der Waals surface area contributed by atoms with Gasteiger partial charge in [0.05, 0.1) is 16.2 Å². The summed E-state index contributed by atoms with van der Waals surface area (Å²) in [5.74, 6) is -0.407. The first-order valence-corrected chi connectivity index (χ1v) is 7.95. The normalized spacial score (nSPS) is 10.0. The Morgan fingerprint density at radius 3 is 2.79 bits per heavy atom. The molecule has 0 fully saturated rings. The van der Waals surface area contributed by atoms with Crippen LogP contribution in [0.5, 0.6) is 0 Å². The number of pyridine rings is 1. The van der Waals surface area contributed by atoms with Crippen molar-refractivity contribution in [3.05, 3.63) is 57.3 Å². The molecule has 8 heteroatoms. The lowest BCUT2D eigenvalue weighted by Crippen LogP contribution is -2.15. The van der Waals surface area contributed by atoms with Crippen molar-refractivity contribution >= 4 is 29.0 Å². The molecule has 0 bridgehead atoms. The van der Waals surface area contributed by atoms with E-state index < -0.39 is 10.8 Å². The summed E-state index contributed by atoms with van der Waals surface area (Å²) in [5, 5.41) is 23.1. The van der Waals surface area contributed by atoms with Crippen LogP contribution in [0.15, 0.2) is 35.4 Å². The second kappa shape index (κ2) is 7.57. The number of aryl methyl sites for hydroxylation is 2. The van der Waals surface area contributed by atoms with Crippen LogP contribution >= 0.6 is 11.8 Å². The first kappa shape index (κ1) is 17.4. The molecule has 0 radical (unpaired) electrons. The number of aromatic nitrogens is 1. The van der Waals surface area contributed by atoms with Crippen molar-refractivity contribution in [3.63, 3.8) is 0 Å². The van der Waals surface area contributed by atoms with Gasteiger partial charge in [0.1, 0.15) is 16.8 Å². The van der Waals surface area contributed by atoms with Crippen LogP contribution in [-0.4, -0.2) is 21.6 Å². The number of amides is 1. The van der Waals surface area contributed by atoms with E-state index in [4.69, 9.17) is 0 Å². The number of thioether (sulfide) groups is 1. The summed E-state index contributed by atoms with van der Waals surface area (Å²) in [6, 6.07) is 9.81. The van der Waals surface area contributed by atoms with E-state index in [9.17, 15) is 20.2 Å². The Morgan fingerprint density at radius 2 is 2.12 bits per heavy atom. The Hall–Kier alpha value is -2.92. The minimum Gasteiger partial charge on any atom is -0.320 e. The highest BCUT2D eigenvalue weighted by atomic mass is 32.2. The molecule has 0 spiro atoms. The zero-order valence-electron chi connectivity index (χ0n) is 13.1. The fraction of sp³-hybridized carbons (Fsp3) is 0.188. The number of rotatable bonds is 5. The van der Waals surface area contributed by atoms with E-state index in [0.29, 0.717) is 10.6 Å². The van der Waals surface area contributed by atoms with E-state index >= 15 is 0 Å². The summed E-state index contributed by atoms with van der Waals surface area (Å²) >= 11 is 1.13. The van der Waals surface area contributed by atoms with Crippen molar-refractivity contribution in [2.24, 2.45) is 0 Å². The lowest BCUT2D eigenvalue weighted by Gasteiger charge is -2.08. The summed E-state index contributed by atoms with van der Waals surface area (Å²) in [6.07, 6.45) is 0. The number of nitrogens with zero attached hydrogens (tertiary/aromatic N) is 3. The molecule has 1 aromatic carbocycles. The van der Waals surface area contributed by atoms with E-state index in [-0.39, 0.29) is 17.1 Å². The van der Waals surface area contributed by atoms with E-state index in [1.54, 1.807) is 12.1 Å². The Balaban J connectivity index is 2.10. The molecule has 0 aliphatic carbocycles. The maximum absolute atomic E-state index is 12.1. The van der Waals surface area contributed by atoms with Gasteiger partial charge < -0.3 is 5.32 Å². The highest BCUT2D eigenvalue weighted by molar-refractivity contribution is 8.00. The number of benzene rings is 1. The molecular weight excluding hydrogens is 328 g/mol. The van der Waals surface area contributed by atoms with Crippen molar-refractivity contribution in [3.8, 4) is 6.07 Å². The van der Waals surface area contributed by atoms with Gasteiger partial charge in [0, 0.05) is 11.8 Å². The molecule has 1 amide bonds. The third kappa shape index (κ3) is 4.08. The predicted molar refractivity (Wildman–Crippen MR) is 90.9 cm³/mol. The molecule has 0 aliphatic heterocycles. The summed E-state index contributed by atoms with van der Waals surface area (Å²) in [5.41, 5.74) is 1.96. The molecule has 0 aliphatic rings. The average molecular weight is 342 g/mol. The first-order valence-electron chi connectivity index (χ1n) is 6.96. The fourth-order valence-corrected chi connectivity index (χ4v) is 3.00. The lowest BCUT2D eigenvalue weighted by molar-refractivity contribution is -0.383. The van der Waals surface area contributed by atoms with Gasteiger partial charge in [0.2, 0.25) is 5.91 Å². The number of nitriles is 1. The summed E-state index contributed by atoms with van der Waals surface area (Å²) in [4.78, 5) is 26.7. The number of nitro groups is 1. The number of carbonyl (C=O) groups is 1. The Labute approximate surface area is 142 Å². The Kier molecular flexibility index (Phi) is 5.50. The van der Waals surface area contributed by atoms with Crippen molar-refractivity contribution in [2.75, 3.05) is 11.1 Å². The monoisotopic (exact) mass is 342 g/mol. The SMILES string of the molecule is Cc1cc(C)c(C#N)c(SCC(=O)Nc2ccccc2[N+](=O)[O-])n1. The smallest absolute Gasteiger partial charge is 0.292 e. The third-order valence-corrected chi connectivity index (χ3v) is 4.11. The van der Waals surface area contributed by atoms with Gasteiger partial charge in [0.15, 0.2) is 0 Å². The van der Waals surface area contributed by atoms with E-state index in [1.807, 2.05) is 13.8 Å². The zero-order chi connectivity index (χ0) is 17.7. The summed E-state index contributed by atoms with van der Waals surface area (Å²) in [6.45, 7) is 3.62. The quantitative estimate of drug-likeness (QED) is 0.507. The minimum atomic E-state index is -0.554. The number of anilines is 1. The second-order valence-corrected chi connectivity index (χ2v) is 5.95. The Bertz CT molecular complexity index is 846. The summed E-state index contributed by atoms with van der Waals surface area (Å²) in [7, 11) is 0. The minimum absolute atomic E-state index is 0.00335. The maximum atomic E-state index is 12.1. The number of para-hydroxylation sites is 2. The molecule has 24 heavy (non-hydrogen) atoms. The molecule has 7 nitrogen and oxygen atoms in total. The van der Waals surface area contributed by atoms with Crippen LogP contribution < -0.4 is 5.32 Å². The molecular formula is C16H14N4O3S. The van der Waals surface area contributed by atoms with E-state index in [0.717, 1.165) is 23.0 Å². The van der Waals surface area contributed by atoms with Gasteiger partial charge in [-0.2, -0.15) is 5.26 Å². The van der Waals surface area contributed by atoms with Crippen LogP contribution in [0, 0.1) is 35.3 Å². The lowest BCUT2D eigenvalue weighted by atomic mass is 10.1. The van der Waals surface area contributed by atoms with Crippen LogP contribution in [-0.2, 0) is 4.79 Å². The second-order valence-electron chi connectivity index (χ2n) is 4.98. The first-order chi connectivity index (χ1) is 11.4. The van der Waals surface area contributed by atoms with Crippen LogP contribution in [0.2, 0.25) is 0 Å². The molecule has 122 valence electrons. The van der Waals surface area contributed by atoms with Gasteiger partial charge in [0.25, 0.3) is 5.69 Å². The number of hydrogen-bond acceptors (Lipinski definition) is 6. The van der Waals surface area contributed by atoms with Gasteiger partial charge in [-0.3, -0.25) is 14.9 Å². The molecule has 2 rings (SSSR count). The molecule has 0 saturated heterocycles. The zero-order valence-corrected chi connectivity index (χ0v) is 13.9. The highest BCUT2D eigenvalue weighted by Gasteiger charge is 2.16. The van der Waals surface area contributed by atoms with E-state index in [2.05, 4.69) is 16.4 Å². The van der Waals surface area contributed by atoms with Crippen LogP contribution in [0.1, 0.15) is 16.8 Å². The van der Waals surface area contributed by atoms with Crippen molar-refractivity contribution in [2.45, 2.75) is 18.9 Å². The molecule has 1 N–H and O–H groups in total. The molecule has 1 heterocycles. The van der Waals surface area contributed by atoms with Gasteiger partial charge in [-0.05, 0) is 31.5 Å². The molecule has 0 atom stereocenters. The standard InChI is InChI=1S/C16H14N4O3S/c1-10-7-11(2)18-16(12(10)8-17)24-9-15(21)19-13-5-3-4-6-14(13)20(22)23/h3-7H,9H2,1-2H3,(H,19,21). The van der Waals surface area contributed by atoms with Crippen molar-refractivity contribution in [1.29, 1.82) is 5.26 Å². The van der Waals surface area contributed by atoms with Gasteiger partial charge in [-0.25, -0.2) is 4.98 Å². The fourth-order valence-electron chi connectivity index (χ4n) is 2.10. The summed E-state index contributed by atoms with van der Waals surface area (Å²) < 4.78 is 0. The predicted octanol–water partition coefficient (Wildman–Crippen LogP) is 3.21. The molecule has 2 aromatic rings.